The molecule has 0 aromatic rings. The largest absolute Gasteiger partial charge is 0.389 e. The van der Waals surface area contributed by atoms with Crippen molar-refractivity contribution < 1.29 is 5.11 Å². The minimum absolute atomic E-state index is 0.191. The second-order valence-electron chi connectivity index (χ2n) is 7.67. The van der Waals surface area contributed by atoms with Gasteiger partial charge in [0.15, 0.2) is 0 Å². The predicted molar refractivity (Wildman–Crippen MR) is 88.6 cm³/mol. The van der Waals surface area contributed by atoms with Crippen molar-refractivity contribution in [3.63, 3.8) is 0 Å². The van der Waals surface area contributed by atoms with Crippen LogP contribution in [0.25, 0.3) is 0 Å². The molecule has 0 aromatic heterocycles. The molecule has 0 aliphatic rings. The Labute approximate surface area is 116 Å². The normalized spacial score (nSPS) is 14.9. The van der Waals surface area contributed by atoms with Gasteiger partial charge in [0.25, 0.3) is 0 Å². The average Bonchev–Trinajstić information content (AvgIpc) is 2.20. The first kappa shape index (κ1) is 18.0. The van der Waals surface area contributed by atoms with E-state index in [2.05, 4.69) is 65.0 Å². The van der Waals surface area contributed by atoms with Crippen molar-refractivity contribution in [3.05, 3.63) is 0 Å². The summed E-state index contributed by atoms with van der Waals surface area (Å²) in [6.07, 6.45) is 1.61. The van der Waals surface area contributed by atoms with Crippen LogP contribution in [0.5, 0.6) is 0 Å². The van der Waals surface area contributed by atoms with Gasteiger partial charge in [-0.3, -0.25) is 0 Å². The third-order valence-corrected chi connectivity index (χ3v) is 7.14. The fraction of sp³-hybridized carbons (Fsp3) is 0.867. The Hall–Kier alpha value is -0.0462. The van der Waals surface area contributed by atoms with Gasteiger partial charge in [-0.25, -0.2) is 0 Å². The lowest BCUT2D eigenvalue weighted by atomic mass is 9.93. The van der Waals surface area contributed by atoms with Crippen molar-refractivity contribution in [2.75, 3.05) is 0 Å². The van der Waals surface area contributed by atoms with E-state index in [1.807, 2.05) is 0 Å². The van der Waals surface area contributed by atoms with E-state index in [1.54, 1.807) is 0 Å². The van der Waals surface area contributed by atoms with Crippen LogP contribution in [-0.4, -0.2) is 26.9 Å². The van der Waals surface area contributed by atoms with Gasteiger partial charge in [-0.1, -0.05) is 53.1 Å². The van der Waals surface area contributed by atoms with Crippen molar-refractivity contribution in [1.29, 1.82) is 0 Å². The van der Waals surface area contributed by atoms with Crippen LogP contribution < -0.4 is 0 Å². The molecule has 0 bridgehead atoms. The SMILES string of the molecule is CCC(O)(CC)C(C#CC[Si](C)(C)C)[Si](C)(C)C. The van der Waals surface area contributed by atoms with Crippen molar-refractivity contribution in [1.82, 2.24) is 0 Å². The standard InChI is InChI=1S/C15H32OSi2/c1-9-15(16,10-2)14(18(6,7)8)12-11-13-17(3,4)5/h14,16H,9-10,13H2,1-8H3. The Morgan fingerprint density at radius 2 is 1.44 bits per heavy atom. The zero-order valence-corrected chi connectivity index (χ0v) is 15.6. The van der Waals surface area contributed by atoms with Crippen LogP contribution in [0.4, 0.5) is 0 Å². The molecule has 1 atom stereocenters. The van der Waals surface area contributed by atoms with Gasteiger partial charge in [-0.2, -0.15) is 0 Å². The van der Waals surface area contributed by atoms with Gasteiger partial charge in [-0.05, 0) is 12.8 Å². The van der Waals surface area contributed by atoms with E-state index in [4.69, 9.17) is 0 Å². The zero-order chi connectivity index (χ0) is 14.6. The Kier molecular flexibility index (Phi) is 6.39. The summed E-state index contributed by atoms with van der Waals surface area (Å²) >= 11 is 0. The summed E-state index contributed by atoms with van der Waals surface area (Å²) < 4.78 is 0. The molecule has 0 saturated heterocycles. The van der Waals surface area contributed by atoms with Crippen molar-refractivity contribution in [3.8, 4) is 11.8 Å². The topological polar surface area (TPSA) is 20.2 Å². The van der Waals surface area contributed by atoms with E-state index in [0.29, 0.717) is 0 Å². The molecule has 0 aliphatic heterocycles. The number of rotatable bonds is 5. The van der Waals surface area contributed by atoms with Crippen LogP contribution in [0.1, 0.15) is 26.7 Å². The Morgan fingerprint density at radius 3 is 1.72 bits per heavy atom. The van der Waals surface area contributed by atoms with Crippen LogP contribution in [-0.2, 0) is 0 Å². The maximum absolute atomic E-state index is 10.8. The van der Waals surface area contributed by atoms with Gasteiger partial charge >= 0.3 is 0 Å². The molecule has 0 amide bonds. The maximum Gasteiger partial charge on any atom is 0.0753 e. The average molecular weight is 285 g/mol. The third-order valence-electron chi connectivity index (χ3n) is 3.49. The third kappa shape index (κ3) is 5.73. The summed E-state index contributed by atoms with van der Waals surface area (Å²) in [4.78, 5) is 0. The Morgan fingerprint density at radius 1 is 1.00 bits per heavy atom. The molecular weight excluding hydrogens is 252 g/mol. The molecule has 0 fully saturated rings. The molecule has 106 valence electrons. The molecule has 3 heteroatoms. The minimum atomic E-state index is -1.47. The summed E-state index contributed by atoms with van der Waals surface area (Å²) in [6, 6.07) is 1.04. The van der Waals surface area contributed by atoms with Crippen LogP contribution in [0, 0.1) is 11.8 Å². The van der Waals surface area contributed by atoms with Gasteiger partial charge in [0.05, 0.1) is 21.7 Å². The molecule has 0 rings (SSSR count). The first-order valence-corrected chi connectivity index (χ1v) is 14.5. The molecule has 1 N–H and O–H groups in total. The maximum atomic E-state index is 10.8. The second kappa shape index (κ2) is 6.41. The highest BCUT2D eigenvalue weighted by atomic mass is 28.3. The van der Waals surface area contributed by atoms with Crippen molar-refractivity contribution in [2.45, 2.75) is 83.2 Å². The van der Waals surface area contributed by atoms with Gasteiger partial charge in [-0.15, -0.1) is 11.8 Å². The molecule has 0 radical (unpaired) electrons. The fourth-order valence-corrected chi connectivity index (χ4v) is 5.42. The van der Waals surface area contributed by atoms with Crippen LogP contribution >= 0.6 is 0 Å². The molecule has 0 spiro atoms. The zero-order valence-electron chi connectivity index (χ0n) is 13.6. The fourth-order valence-electron chi connectivity index (χ4n) is 2.23. The molecule has 0 aromatic carbocycles. The first-order chi connectivity index (χ1) is 7.96. The predicted octanol–water partition coefficient (Wildman–Crippen LogP) is 4.59. The van der Waals surface area contributed by atoms with E-state index < -0.39 is 21.7 Å². The van der Waals surface area contributed by atoms with E-state index in [0.717, 1.165) is 18.9 Å². The highest BCUT2D eigenvalue weighted by molar-refractivity contribution is 6.78. The number of hydrogen-bond acceptors (Lipinski definition) is 1. The quantitative estimate of drug-likeness (QED) is 0.578. The summed E-state index contributed by atoms with van der Waals surface area (Å²) in [7, 11) is -2.57. The van der Waals surface area contributed by atoms with Gasteiger partial charge in [0, 0.05) is 11.6 Å². The highest BCUT2D eigenvalue weighted by Crippen LogP contribution is 2.37. The highest BCUT2D eigenvalue weighted by Gasteiger charge is 2.41. The lowest BCUT2D eigenvalue weighted by Crippen LogP contribution is -2.44. The van der Waals surface area contributed by atoms with E-state index in [-0.39, 0.29) is 5.54 Å². The van der Waals surface area contributed by atoms with Crippen LogP contribution in [0.15, 0.2) is 0 Å². The number of aliphatic hydroxyl groups is 1. The molecule has 0 heterocycles. The van der Waals surface area contributed by atoms with Crippen molar-refractivity contribution >= 4 is 16.1 Å². The molecular formula is C15H32OSi2. The molecule has 0 aliphatic carbocycles. The summed E-state index contributed by atoms with van der Waals surface area (Å²) in [5, 5.41) is 10.8. The Bertz CT molecular complexity index is 308. The summed E-state index contributed by atoms with van der Waals surface area (Å²) in [6.45, 7) is 18.1. The second-order valence-corrected chi connectivity index (χ2v) is 18.5. The molecule has 18 heavy (non-hydrogen) atoms. The van der Waals surface area contributed by atoms with E-state index in [1.165, 1.54) is 0 Å². The van der Waals surface area contributed by atoms with Crippen LogP contribution in [0.3, 0.4) is 0 Å². The monoisotopic (exact) mass is 284 g/mol. The Balaban J connectivity index is 5.16. The van der Waals surface area contributed by atoms with Gasteiger partial charge in [0.1, 0.15) is 0 Å². The lowest BCUT2D eigenvalue weighted by Gasteiger charge is -2.38. The van der Waals surface area contributed by atoms with Gasteiger partial charge < -0.3 is 5.11 Å². The minimum Gasteiger partial charge on any atom is -0.389 e. The smallest absolute Gasteiger partial charge is 0.0753 e. The van der Waals surface area contributed by atoms with E-state index >= 15 is 0 Å². The lowest BCUT2D eigenvalue weighted by molar-refractivity contribution is 0.0358. The van der Waals surface area contributed by atoms with E-state index in [9.17, 15) is 5.11 Å². The summed E-state index contributed by atoms with van der Waals surface area (Å²) in [5.74, 6) is 6.85. The van der Waals surface area contributed by atoms with Gasteiger partial charge in [0.2, 0.25) is 0 Å². The molecule has 1 nitrogen and oxygen atoms in total. The molecule has 1 unspecified atom stereocenters. The summed E-state index contributed by atoms with van der Waals surface area (Å²) in [5.41, 5.74) is -0.395. The molecule has 0 saturated carbocycles. The first-order valence-electron chi connectivity index (χ1n) is 7.17. The van der Waals surface area contributed by atoms with Crippen LogP contribution in [0.2, 0.25) is 50.9 Å². The van der Waals surface area contributed by atoms with Crippen molar-refractivity contribution in [2.24, 2.45) is 0 Å². The number of hydrogen-bond donors (Lipinski definition) is 1.